The first kappa shape index (κ1) is 31.5. The molecule has 0 atom stereocenters. The standard InChI is InChI=1S/C51H30N4O2/c1-4-13-31(14-5-1)34-24-27-41-40(29-34)47-42(28-26-38-37-19-10-11-21-43(37)57-48(38)47)55(41)51-53-49(33-17-8-3-9-18-33)52-50(54-51)35-23-25-39-45(30-35)56-44-22-12-20-36(46(39)44)32-15-6-2-7-16-32/h1-30H. The first-order chi connectivity index (χ1) is 28.2. The SMILES string of the molecule is c1ccc(-c2ccc3c(c2)c2c4oc5ccccc5c4ccc2n3-c2nc(-c3ccccc3)nc(-c3ccc4c(c3)oc3cccc(-c5ccccc5)c34)n2)cc1. The molecule has 0 aliphatic heterocycles. The molecule has 0 saturated carbocycles. The summed E-state index contributed by atoms with van der Waals surface area (Å²) in [5.41, 5.74) is 11.5. The predicted molar refractivity (Wildman–Crippen MR) is 230 cm³/mol. The van der Waals surface area contributed by atoms with Crippen LogP contribution in [0.25, 0.3) is 117 Å². The summed E-state index contributed by atoms with van der Waals surface area (Å²) in [7, 11) is 0. The number of furan rings is 2. The Morgan fingerprint density at radius 2 is 1.00 bits per heavy atom. The Morgan fingerprint density at radius 1 is 0.351 bits per heavy atom. The van der Waals surface area contributed by atoms with E-state index in [-0.39, 0.29) is 0 Å². The van der Waals surface area contributed by atoms with Gasteiger partial charge in [-0.3, -0.25) is 4.57 Å². The Balaban J connectivity index is 1.12. The molecule has 57 heavy (non-hydrogen) atoms. The number of hydrogen-bond donors (Lipinski definition) is 0. The first-order valence-corrected chi connectivity index (χ1v) is 19.0. The summed E-state index contributed by atoms with van der Waals surface area (Å²) in [6.07, 6.45) is 0. The lowest BCUT2D eigenvalue weighted by Gasteiger charge is -2.11. The maximum atomic E-state index is 6.68. The smallest absolute Gasteiger partial charge is 0.238 e. The van der Waals surface area contributed by atoms with E-state index in [1.807, 2.05) is 72.8 Å². The maximum Gasteiger partial charge on any atom is 0.238 e. The number of rotatable bonds is 5. The zero-order valence-electron chi connectivity index (χ0n) is 30.4. The van der Waals surface area contributed by atoms with E-state index in [9.17, 15) is 0 Å². The molecule has 0 saturated heterocycles. The van der Waals surface area contributed by atoms with Crippen molar-refractivity contribution in [1.29, 1.82) is 0 Å². The summed E-state index contributed by atoms with van der Waals surface area (Å²) in [4.78, 5) is 15.6. The molecule has 8 aromatic carbocycles. The summed E-state index contributed by atoms with van der Waals surface area (Å²) < 4.78 is 15.4. The van der Waals surface area contributed by atoms with Gasteiger partial charge in [0, 0.05) is 38.1 Å². The third-order valence-electron chi connectivity index (χ3n) is 11.1. The van der Waals surface area contributed by atoms with Crippen LogP contribution in [0, 0.1) is 0 Å². The Labute approximate surface area is 325 Å². The molecule has 4 aromatic heterocycles. The number of nitrogens with zero attached hydrogens (tertiary/aromatic N) is 4. The van der Waals surface area contributed by atoms with Gasteiger partial charge in [0.25, 0.3) is 0 Å². The molecule has 266 valence electrons. The average molecular weight is 731 g/mol. The highest BCUT2D eigenvalue weighted by atomic mass is 16.3. The third-order valence-corrected chi connectivity index (χ3v) is 11.1. The Morgan fingerprint density at radius 3 is 1.81 bits per heavy atom. The number of hydrogen-bond acceptors (Lipinski definition) is 5. The number of fused-ring (bicyclic) bond motifs is 10. The van der Waals surface area contributed by atoms with Crippen molar-refractivity contribution in [3.8, 4) is 51.0 Å². The second kappa shape index (κ2) is 12.3. The molecular formula is C51H30N4O2. The van der Waals surface area contributed by atoms with Gasteiger partial charge in [0.15, 0.2) is 11.6 Å². The molecule has 6 heteroatoms. The van der Waals surface area contributed by atoms with Crippen LogP contribution in [0.3, 0.4) is 0 Å². The molecule has 6 nitrogen and oxygen atoms in total. The highest BCUT2D eigenvalue weighted by molar-refractivity contribution is 6.24. The Kier molecular flexibility index (Phi) is 6.83. The lowest BCUT2D eigenvalue weighted by atomic mass is 9.99. The molecule has 0 aliphatic carbocycles. The van der Waals surface area contributed by atoms with Crippen molar-refractivity contribution in [1.82, 2.24) is 19.5 Å². The van der Waals surface area contributed by atoms with Crippen LogP contribution in [0.5, 0.6) is 0 Å². The van der Waals surface area contributed by atoms with Gasteiger partial charge in [-0.25, -0.2) is 4.98 Å². The van der Waals surface area contributed by atoms with E-state index < -0.39 is 0 Å². The molecule has 0 aliphatic rings. The quantitative estimate of drug-likeness (QED) is 0.176. The van der Waals surface area contributed by atoms with Crippen molar-refractivity contribution in [2.45, 2.75) is 0 Å². The van der Waals surface area contributed by atoms with Crippen molar-refractivity contribution < 1.29 is 8.83 Å². The molecule has 0 fully saturated rings. The van der Waals surface area contributed by atoms with Gasteiger partial charge in [0.2, 0.25) is 5.95 Å². The molecule has 12 rings (SSSR count). The van der Waals surface area contributed by atoms with Gasteiger partial charge in [-0.2, -0.15) is 9.97 Å². The summed E-state index contributed by atoms with van der Waals surface area (Å²) in [5, 5.41) is 6.34. The lowest BCUT2D eigenvalue weighted by Crippen LogP contribution is -2.06. The molecule has 12 aromatic rings. The zero-order valence-corrected chi connectivity index (χ0v) is 30.4. The van der Waals surface area contributed by atoms with Crippen molar-refractivity contribution >= 4 is 65.7 Å². The van der Waals surface area contributed by atoms with Crippen LogP contribution in [0.15, 0.2) is 191 Å². The van der Waals surface area contributed by atoms with E-state index in [0.29, 0.717) is 17.6 Å². The Hall–Kier alpha value is -7.83. The van der Waals surface area contributed by atoms with Crippen LogP contribution in [0.4, 0.5) is 0 Å². The molecule has 0 N–H and O–H groups in total. The van der Waals surface area contributed by atoms with Crippen molar-refractivity contribution in [2.75, 3.05) is 0 Å². The summed E-state index contributed by atoms with van der Waals surface area (Å²) in [6, 6.07) is 62.6. The fourth-order valence-electron chi connectivity index (χ4n) is 8.45. The fraction of sp³-hybridized carbons (Fsp3) is 0. The fourth-order valence-corrected chi connectivity index (χ4v) is 8.45. The van der Waals surface area contributed by atoms with Crippen LogP contribution >= 0.6 is 0 Å². The average Bonchev–Trinajstić information content (AvgIpc) is 3.96. The van der Waals surface area contributed by atoms with Gasteiger partial charge in [0.1, 0.15) is 22.3 Å². The van der Waals surface area contributed by atoms with Crippen LogP contribution in [0.2, 0.25) is 0 Å². The van der Waals surface area contributed by atoms with E-state index in [0.717, 1.165) is 99.1 Å². The molecule has 0 bridgehead atoms. The molecule has 0 spiro atoms. The van der Waals surface area contributed by atoms with E-state index in [1.165, 1.54) is 0 Å². The Bertz CT molecular complexity index is 3510. The normalized spacial score (nSPS) is 11.9. The van der Waals surface area contributed by atoms with E-state index in [1.54, 1.807) is 0 Å². The largest absolute Gasteiger partial charge is 0.456 e. The monoisotopic (exact) mass is 730 g/mol. The van der Waals surface area contributed by atoms with E-state index >= 15 is 0 Å². The minimum Gasteiger partial charge on any atom is -0.456 e. The van der Waals surface area contributed by atoms with Crippen LogP contribution in [-0.4, -0.2) is 19.5 Å². The van der Waals surface area contributed by atoms with Gasteiger partial charge in [-0.05, 0) is 70.8 Å². The van der Waals surface area contributed by atoms with Crippen molar-refractivity contribution in [3.63, 3.8) is 0 Å². The lowest BCUT2D eigenvalue weighted by molar-refractivity contribution is 0.669. The molecule has 4 heterocycles. The molecule has 0 amide bonds. The zero-order chi connectivity index (χ0) is 37.5. The molecule has 0 unspecified atom stereocenters. The van der Waals surface area contributed by atoms with Crippen LogP contribution in [-0.2, 0) is 0 Å². The van der Waals surface area contributed by atoms with Crippen LogP contribution < -0.4 is 0 Å². The second-order valence-electron chi connectivity index (χ2n) is 14.4. The van der Waals surface area contributed by atoms with Gasteiger partial charge in [-0.15, -0.1) is 0 Å². The summed E-state index contributed by atoms with van der Waals surface area (Å²) >= 11 is 0. The predicted octanol–water partition coefficient (Wildman–Crippen LogP) is 13.4. The molecule has 0 radical (unpaired) electrons. The van der Waals surface area contributed by atoms with Gasteiger partial charge in [0.05, 0.1) is 16.4 Å². The van der Waals surface area contributed by atoms with Gasteiger partial charge < -0.3 is 8.83 Å². The number of aromatic nitrogens is 4. The van der Waals surface area contributed by atoms with E-state index in [2.05, 4.69) is 114 Å². The highest BCUT2D eigenvalue weighted by Gasteiger charge is 2.23. The summed E-state index contributed by atoms with van der Waals surface area (Å²) in [5.74, 6) is 1.63. The van der Waals surface area contributed by atoms with Crippen molar-refractivity contribution in [3.05, 3.63) is 182 Å². The summed E-state index contributed by atoms with van der Waals surface area (Å²) in [6.45, 7) is 0. The van der Waals surface area contributed by atoms with Crippen molar-refractivity contribution in [2.24, 2.45) is 0 Å². The van der Waals surface area contributed by atoms with Gasteiger partial charge in [-0.1, -0.05) is 133 Å². The topological polar surface area (TPSA) is 69.9 Å². The number of para-hydroxylation sites is 1. The minimum atomic E-state index is 0.512. The maximum absolute atomic E-state index is 6.68. The third kappa shape index (κ3) is 4.94. The number of benzene rings is 8. The minimum absolute atomic E-state index is 0.512. The first-order valence-electron chi connectivity index (χ1n) is 19.0. The van der Waals surface area contributed by atoms with Gasteiger partial charge >= 0.3 is 0 Å². The second-order valence-corrected chi connectivity index (χ2v) is 14.4. The van der Waals surface area contributed by atoms with Crippen LogP contribution in [0.1, 0.15) is 0 Å². The molecular weight excluding hydrogens is 701 g/mol. The van der Waals surface area contributed by atoms with E-state index in [4.69, 9.17) is 23.8 Å². The highest BCUT2D eigenvalue weighted by Crippen LogP contribution is 2.42.